The van der Waals surface area contributed by atoms with E-state index in [1.807, 2.05) is 25.4 Å². The Morgan fingerprint density at radius 1 is 1.12 bits per heavy atom. The SMILES string of the molecule is Cc1nccn1CCC(C#N)(c1ccccc1)C1CCCCCCC1. The number of benzene rings is 1. The molecular formula is C22H29N3. The van der Waals surface area contributed by atoms with E-state index in [4.69, 9.17) is 0 Å². The molecule has 132 valence electrons. The van der Waals surface area contributed by atoms with Crippen LogP contribution in [-0.2, 0) is 12.0 Å². The van der Waals surface area contributed by atoms with Gasteiger partial charge in [-0.15, -0.1) is 0 Å². The van der Waals surface area contributed by atoms with Crippen LogP contribution in [0, 0.1) is 24.2 Å². The van der Waals surface area contributed by atoms with Gasteiger partial charge in [-0.2, -0.15) is 5.26 Å². The van der Waals surface area contributed by atoms with Crippen molar-refractivity contribution in [1.29, 1.82) is 5.26 Å². The molecule has 1 aromatic heterocycles. The average molecular weight is 335 g/mol. The molecule has 3 heteroatoms. The van der Waals surface area contributed by atoms with Gasteiger partial charge < -0.3 is 4.57 Å². The molecule has 1 aliphatic rings. The first-order valence-electron chi connectivity index (χ1n) is 9.71. The van der Waals surface area contributed by atoms with Gasteiger partial charge in [0.15, 0.2) is 0 Å². The topological polar surface area (TPSA) is 41.6 Å². The second kappa shape index (κ2) is 8.34. The number of nitrogens with zero attached hydrogens (tertiary/aromatic N) is 3. The summed E-state index contributed by atoms with van der Waals surface area (Å²) in [6.45, 7) is 2.89. The zero-order valence-electron chi connectivity index (χ0n) is 15.3. The summed E-state index contributed by atoms with van der Waals surface area (Å²) >= 11 is 0. The molecule has 0 saturated heterocycles. The predicted molar refractivity (Wildman–Crippen MR) is 101 cm³/mol. The van der Waals surface area contributed by atoms with Crippen LogP contribution >= 0.6 is 0 Å². The molecule has 1 heterocycles. The summed E-state index contributed by atoms with van der Waals surface area (Å²) in [5, 5.41) is 10.4. The van der Waals surface area contributed by atoms with Crippen molar-refractivity contribution in [2.24, 2.45) is 5.92 Å². The van der Waals surface area contributed by atoms with Gasteiger partial charge in [0.2, 0.25) is 0 Å². The van der Waals surface area contributed by atoms with Gasteiger partial charge in [-0.25, -0.2) is 4.98 Å². The van der Waals surface area contributed by atoms with Crippen molar-refractivity contribution in [2.75, 3.05) is 0 Å². The van der Waals surface area contributed by atoms with E-state index in [9.17, 15) is 5.26 Å². The van der Waals surface area contributed by atoms with E-state index in [-0.39, 0.29) is 0 Å². The first kappa shape index (κ1) is 17.7. The summed E-state index contributed by atoms with van der Waals surface area (Å²) in [6.07, 6.45) is 13.6. The van der Waals surface area contributed by atoms with Crippen LogP contribution in [0.4, 0.5) is 0 Å². The number of aromatic nitrogens is 2. The Morgan fingerprint density at radius 2 is 1.80 bits per heavy atom. The third kappa shape index (κ3) is 3.95. The Morgan fingerprint density at radius 3 is 2.40 bits per heavy atom. The minimum atomic E-state index is -0.394. The highest BCUT2D eigenvalue weighted by molar-refractivity contribution is 5.33. The third-order valence-corrected chi connectivity index (χ3v) is 5.96. The Labute approximate surface area is 151 Å². The van der Waals surface area contributed by atoms with E-state index < -0.39 is 5.41 Å². The molecule has 3 rings (SSSR count). The number of hydrogen-bond acceptors (Lipinski definition) is 2. The first-order chi connectivity index (χ1) is 12.3. The Balaban J connectivity index is 1.91. The van der Waals surface area contributed by atoms with Crippen LogP contribution in [0.15, 0.2) is 42.7 Å². The monoisotopic (exact) mass is 335 g/mol. The van der Waals surface area contributed by atoms with Crippen LogP contribution in [0.5, 0.6) is 0 Å². The number of rotatable bonds is 5. The van der Waals surface area contributed by atoms with Crippen molar-refractivity contribution in [1.82, 2.24) is 9.55 Å². The fourth-order valence-corrected chi connectivity index (χ4v) is 4.42. The molecule has 1 aliphatic carbocycles. The number of imidazole rings is 1. The smallest absolute Gasteiger partial charge is 0.105 e. The van der Waals surface area contributed by atoms with Crippen LogP contribution < -0.4 is 0 Å². The molecule has 25 heavy (non-hydrogen) atoms. The van der Waals surface area contributed by atoms with Gasteiger partial charge >= 0.3 is 0 Å². The van der Waals surface area contributed by atoms with Gasteiger partial charge in [-0.1, -0.05) is 62.4 Å². The fraction of sp³-hybridized carbons (Fsp3) is 0.545. The van der Waals surface area contributed by atoms with E-state index in [1.54, 1.807) is 0 Å². The molecule has 1 atom stereocenters. The zero-order valence-corrected chi connectivity index (χ0v) is 15.3. The highest BCUT2D eigenvalue weighted by atomic mass is 15.0. The van der Waals surface area contributed by atoms with Crippen molar-refractivity contribution in [3.63, 3.8) is 0 Å². The van der Waals surface area contributed by atoms with Crippen LogP contribution in [0.1, 0.15) is 62.8 Å². The first-order valence-corrected chi connectivity index (χ1v) is 9.71. The molecule has 1 aromatic carbocycles. The predicted octanol–water partition coefficient (Wildman–Crippen LogP) is 5.40. The molecule has 0 radical (unpaired) electrons. The molecule has 0 aliphatic heterocycles. The average Bonchev–Trinajstić information content (AvgIpc) is 3.03. The normalized spacial score (nSPS) is 18.7. The van der Waals surface area contributed by atoms with E-state index in [0.717, 1.165) is 18.8 Å². The molecule has 3 nitrogen and oxygen atoms in total. The summed E-state index contributed by atoms with van der Waals surface area (Å²) in [6, 6.07) is 13.3. The highest BCUT2D eigenvalue weighted by Gasteiger charge is 2.40. The van der Waals surface area contributed by atoms with Crippen molar-refractivity contribution in [3.05, 3.63) is 54.1 Å². The summed E-state index contributed by atoms with van der Waals surface area (Å²) < 4.78 is 2.18. The lowest BCUT2D eigenvalue weighted by Crippen LogP contribution is -2.36. The molecule has 0 amide bonds. The maximum atomic E-state index is 10.4. The van der Waals surface area contributed by atoms with Crippen LogP contribution in [0.3, 0.4) is 0 Å². The zero-order chi connectivity index (χ0) is 17.5. The molecule has 2 aromatic rings. The van der Waals surface area contributed by atoms with E-state index >= 15 is 0 Å². The molecule has 0 spiro atoms. The lowest BCUT2D eigenvalue weighted by Gasteiger charge is -2.37. The van der Waals surface area contributed by atoms with Gasteiger partial charge in [-0.3, -0.25) is 0 Å². The van der Waals surface area contributed by atoms with Gasteiger partial charge in [0.25, 0.3) is 0 Å². The van der Waals surface area contributed by atoms with Crippen molar-refractivity contribution in [2.45, 2.75) is 70.3 Å². The van der Waals surface area contributed by atoms with Crippen molar-refractivity contribution >= 4 is 0 Å². The quantitative estimate of drug-likeness (QED) is 0.733. The molecule has 0 bridgehead atoms. The summed E-state index contributed by atoms with van der Waals surface area (Å²) in [7, 11) is 0. The van der Waals surface area contributed by atoms with E-state index in [1.165, 1.54) is 50.5 Å². The molecule has 0 N–H and O–H groups in total. The lowest BCUT2D eigenvalue weighted by molar-refractivity contribution is 0.246. The van der Waals surface area contributed by atoms with E-state index in [0.29, 0.717) is 5.92 Å². The number of nitriles is 1. The fourth-order valence-electron chi connectivity index (χ4n) is 4.42. The van der Waals surface area contributed by atoms with Crippen molar-refractivity contribution in [3.8, 4) is 6.07 Å². The second-order valence-electron chi connectivity index (χ2n) is 7.41. The second-order valence-corrected chi connectivity index (χ2v) is 7.41. The third-order valence-electron chi connectivity index (χ3n) is 5.96. The Bertz CT molecular complexity index is 690. The van der Waals surface area contributed by atoms with Gasteiger partial charge in [0.1, 0.15) is 5.82 Å². The molecular weight excluding hydrogens is 306 g/mol. The number of hydrogen-bond donors (Lipinski definition) is 0. The largest absolute Gasteiger partial charge is 0.335 e. The minimum Gasteiger partial charge on any atom is -0.335 e. The lowest BCUT2D eigenvalue weighted by atomic mass is 9.65. The van der Waals surface area contributed by atoms with Gasteiger partial charge in [0, 0.05) is 18.9 Å². The molecule has 1 unspecified atom stereocenters. The van der Waals surface area contributed by atoms with Crippen LogP contribution in [0.2, 0.25) is 0 Å². The van der Waals surface area contributed by atoms with E-state index in [2.05, 4.69) is 39.9 Å². The standard InChI is InChI=1S/C22H29N3/c1-19-24-15-17-25(19)16-14-22(18-23,21-12-8-5-9-13-21)20-10-6-3-2-4-7-11-20/h5,8-9,12-13,15,17,20H,2-4,6-7,10-11,14,16H2,1H3. The van der Waals surface area contributed by atoms with Gasteiger partial charge in [-0.05, 0) is 37.7 Å². The van der Waals surface area contributed by atoms with Crippen LogP contribution in [0.25, 0.3) is 0 Å². The summed E-state index contributed by atoms with van der Waals surface area (Å²) in [4.78, 5) is 4.34. The Kier molecular flexibility index (Phi) is 5.91. The maximum absolute atomic E-state index is 10.4. The Hall–Kier alpha value is -2.08. The summed E-state index contributed by atoms with van der Waals surface area (Å²) in [5.74, 6) is 1.47. The maximum Gasteiger partial charge on any atom is 0.105 e. The molecule has 1 saturated carbocycles. The minimum absolute atomic E-state index is 0.394. The highest BCUT2D eigenvalue weighted by Crippen LogP contribution is 2.42. The van der Waals surface area contributed by atoms with Gasteiger partial charge in [0.05, 0.1) is 11.5 Å². The van der Waals surface area contributed by atoms with Crippen LogP contribution in [-0.4, -0.2) is 9.55 Å². The summed E-state index contributed by atoms with van der Waals surface area (Å²) in [5.41, 5.74) is 0.802. The number of aryl methyl sites for hydroxylation is 2. The molecule has 1 fully saturated rings. The van der Waals surface area contributed by atoms with Crippen molar-refractivity contribution < 1.29 is 0 Å².